The van der Waals surface area contributed by atoms with Crippen molar-refractivity contribution in [2.24, 2.45) is 11.8 Å². The van der Waals surface area contributed by atoms with E-state index in [1.54, 1.807) is 0 Å². The number of fused-ring (bicyclic) bond motifs is 1. The third-order valence-electron chi connectivity index (χ3n) is 5.18. The fourth-order valence-corrected chi connectivity index (χ4v) is 4.14. The molecule has 1 N–H and O–H groups in total. The Hall–Kier alpha value is -0.570. The minimum atomic E-state index is 0.0788. The predicted molar refractivity (Wildman–Crippen MR) is 67.6 cm³/mol. The van der Waals surface area contributed by atoms with E-state index in [0.29, 0.717) is 11.8 Å². The zero-order valence-electron chi connectivity index (χ0n) is 11.0. The molecule has 3 aliphatic rings. The normalized spacial score (nSPS) is 39.6. The maximum absolute atomic E-state index is 12.7. The summed E-state index contributed by atoms with van der Waals surface area (Å²) in [5.41, 5.74) is 0.0788. The van der Waals surface area contributed by atoms with Gasteiger partial charge in [0.05, 0.1) is 6.04 Å². The van der Waals surface area contributed by atoms with Crippen LogP contribution >= 0.6 is 0 Å². The lowest BCUT2D eigenvalue weighted by Crippen LogP contribution is -2.51. The van der Waals surface area contributed by atoms with Gasteiger partial charge < -0.3 is 10.2 Å². The maximum Gasteiger partial charge on any atom is 0.240 e. The van der Waals surface area contributed by atoms with Crippen molar-refractivity contribution in [1.82, 2.24) is 10.2 Å². The van der Waals surface area contributed by atoms with Gasteiger partial charge in [-0.25, -0.2) is 0 Å². The number of carbonyl (C=O) groups is 1. The molecule has 0 aromatic rings. The Kier molecular flexibility index (Phi) is 2.69. The van der Waals surface area contributed by atoms with Gasteiger partial charge in [0.1, 0.15) is 0 Å². The lowest BCUT2D eigenvalue weighted by molar-refractivity contribution is -0.137. The summed E-state index contributed by atoms with van der Waals surface area (Å²) in [7, 11) is 0. The standard InChI is InChI=1S/C14H24N2O/c1-14(2)7-4-8-16(14)13(17)12-11-6-3-5-10(11)9-15-12/h10-12,15H,3-9H2,1-2H3. The highest BCUT2D eigenvalue weighted by atomic mass is 16.2. The van der Waals surface area contributed by atoms with Crippen molar-refractivity contribution in [1.29, 1.82) is 0 Å². The Labute approximate surface area is 104 Å². The van der Waals surface area contributed by atoms with Crippen molar-refractivity contribution >= 4 is 5.91 Å². The Morgan fingerprint density at radius 2 is 2.12 bits per heavy atom. The molecule has 3 unspecified atom stereocenters. The SMILES string of the molecule is CC1(C)CCCN1C(=O)C1NCC2CCCC21. The summed E-state index contributed by atoms with van der Waals surface area (Å²) in [6, 6.07) is 0.125. The summed E-state index contributed by atoms with van der Waals surface area (Å²) in [6.07, 6.45) is 6.22. The van der Waals surface area contributed by atoms with Crippen LogP contribution in [0.5, 0.6) is 0 Å². The number of rotatable bonds is 1. The first-order valence-corrected chi connectivity index (χ1v) is 7.14. The third-order valence-corrected chi connectivity index (χ3v) is 5.18. The first kappa shape index (κ1) is 11.5. The quantitative estimate of drug-likeness (QED) is 0.752. The molecule has 3 atom stereocenters. The molecule has 2 saturated heterocycles. The molecule has 2 heterocycles. The number of carbonyl (C=O) groups excluding carboxylic acids is 1. The van der Waals surface area contributed by atoms with Crippen LogP contribution in [0.2, 0.25) is 0 Å². The molecule has 3 fully saturated rings. The summed E-state index contributed by atoms with van der Waals surface area (Å²) in [6.45, 7) is 6.44. The van der Waals surface area contributed by atoms with Crippen LogP contribution in [0.25, 0.3) is 0 Å². The molecule has 1 amide bonds. The van der Waals surface area contributed by atoms with Crippen molar-refractivity contribution in [2.45, 2.75) is 57.5 Å². The van der Waals surface area contributed by atoms with Crippen LogP contribution in [-0.2, 0) is 4.79 Å². The maximum atomic E-state index is 12.7. The van der Waals surface area contributed by atoms with Gasteiger partial charge in [-0.1, -0.05) is 6.42 Å². The van der Waals surface area contributed by atoms with E-state index in [-0.39, 0.29) is 11.6 Å². The minimum absolute atomic E-state index is 0.0788. The van der Waals surface area contributed by atoms with Crippen LogP contribution in [0, 0.1) is 11.8 Å². The summed E-state index contributed by atoms with van der Waals surface area (Å²) in [5, 5.41) is 3.48. The van der Waals surface area contributed by atoms with E-state index in [9.17, 15) is 4.79 Å². The van der Waals surface area contributed by atoms with Gasteiger partial charge in [-0.05, 0) is 57.9 Å². The molecule has 1 saturated carbocycles. The molecule has 17 heavy (non-hydrogen) atoms. The van der Waals surface area contributed by atoms with Crippen molar-refractivity contribution in [3.8, 4) is 0 Å². The van der Waals surface area contributed by atoms with Crippen LogP contribution in [0.1, 0.15) is 46.0 Å². The number of likely N-dealkylation sites (tertiary alicyclic amines) is 1. The monoisotopic (exact) mass is 236 g/mol. The molecule has 0 bridgehead atoms. The van der Waals surface area contributed by atoms with Gasteiger partial charge >= 0.3 is 0 Å². The molecular formula is C14H24N2O. The van der Waals surface area contributed by atoms with E-state index in [1.165, 1.54) is 25.7 Å². The summed E-state index contributed by atoms with van der Waals surface area (Å²) in [4.78, 5) is 14.8. The second-order valence-electron chi connectivity index (χ2n) is 6.65. The molecular weight excluding hydrogens is 212 g/mol. The van der Waals surface area contributed by atoms with Crippen LogP contribution in [0.4, 0.5) is 0 Å². The van der Waals surface area contributed by atoms with Gasteiger partial charge in [0.2, 0.25) is 5.91 Å². The van der Waals surface area contributed by atoms with Gasteiger partial charge in [0, 0.05) is 12.1 Å². The van der Waals surface area contributed by atoms with Crippen LogP contribution in [0.3, 0.4) is 0 Å². The largest absolute Gasteiger partial charge is 0.336 e. The fourth-order valence-electron chi connectivity index (χ4n) is 4.14. The Balaban J connectivity index is 1.74. The summed E-state index contributed by atoms with van der Waals surface area (Å²) in [5.74, 6) is 1.77. The van der Waals surface area contributed by atoms with Gasteiger partial charge in [0.15, 0.2) is 0 Å². The number of hydrogen-bond acceptors (Lipinski definition) is 2. The van der Waals surface area contributed by atoms with Gasteiger partial charge in [-0.15, -0.1) is 0 Å². The highest BCUT2D eigenvalue weighted by Gasteiger charge is 2.46. The van der Waals surface area contributed by atoms with Crippen LogP contribution in [-0.4, -0.2) is 35.5 Å². The molecule has 0 aromatic carbocycles. The van der Waals surface area contributed by atoms with Crippen molar-refractivity contribution in [3.63, 3.8) is 0 Å². The molecule has 0 aromatic heterocycles. The average Bonchev–Trinajstić information content (AvgIpc) is 2.89. The van der Waals surface area contributed by atoms with Crippen molar-refractivity contribution in [3.05, 3.63) is 0 Å². The first-order chi connectivity index (χ1) is 8.09. The fraction of sp³-hybridized carbons (Fsp3) is 0.929. The second-order valence-corrected chi connectivity index (χ2v) is 6.65. The molecule has 3 rings (SSSR count). The number of hydrogen-bond donors (Lipinski definition) is 1. The zero-order chi connectivity index (χ0) is 12.0. The van der Waals surface area contributed by atoms with Gasteiger partial charge in [-0.3, -0.25) is 4.79 Å². The second kappa shape index (κ2) is 3.98. The Morgan fingerprint density at radius 3 is 2.82 bits per heavy atom. The zero-order valence-corrected chi connectivity index (χ0v) is 11.0. The minimum Gasteiger partial charge on any atom is -0.336 e. The van der Waals surface area contributed by atoms with E-state index in [0.717, 1.165) is 25.4 Å². The first-order valence-electron chi connectivity index (χ1n) is 7.14. The summed E-state index contributed by atoms with van der Waals surface area (Å²) >= 11 is 0. The van der Waals surface area contributed by atoms with Crippen molar-refractivity contribution < 1.29 is 4.79 Å². The Morgan fingerprint density at radius 1 is 1.29 bits per heavy atom. The topological polar surface area (TPSA) is 32.3 Å². The average molecular weight is 236 g/mol. The number of nitrogens with zero attached hydrogens (tertiary/aromatic N) is 1. The van der Waals surface area contributed by atoms with Gasteiger partial charge in [0.25, 0.3) is 0 Å². The van der Waals surface area contributed by atoms with E-state index >= 15 is 0 Å². The predicted octanol–water partition coefficient (Wildman–Crippen LogP) is 1.78. The van der Waals surface area contributed by atoms with E-state index in [1.807, 2.05) is 0 Å². The lowest BCUT2D eigenvalue weighted by Gasteiger charge is -2.35. The van der Waals surface area contributed by atoms with Crippen LogP contribution < -0.4 is 5.32 Å². The van der Waals surface area contributed by atoms with E-state index in [4.69, 9.17) is 0 Å². The van der Waals surface area contributed by atoms with Crippen LogP contribution in [0.15, 0.2) is 0 Å². The van der Waals surface area contributed by atoms with E-state index in [2.05, 4.69) is 24.1 Å². The molecule has 0 spiro atoms. The lowest BCUT2D eigenvalue weighted by atomic mass is 9.92. The molecule has 0 radical (unpaired) electrons. The molecule has 2 aliphatic heterocycles. The van der Waals surface area contributed by atoms with Gasteiger partial charge in [-0.2, -0.15) is 0 Å². The molecule has 3 heteroatoms. The highest BCUT2D eigenvalue weighted by molar-refractivity contribution is 5.83. The number of amides is 1. The Bertz CT molecular complexity index is 326. The number of nitrogens with one attached hydrogen (secondary N) is 1. The molecule has 96 valence electrons. The third kappa shape index (κ3) is 1.79. The van der Waals surface area contributed by atoms with E-state index < -0.39 is 0 Å². The smallest absolute Gasteiger partial charge is 0.240 e. The molecule has 3 nitrogen and oxygen atoms in total. The van der Waals surface area contributed by atoms with Crippen molar-refractivity contribution in [2.75, 3.05) is 13.1 Å². The summed E-state index contributed by atoms with van der Waals surface area (Å²) < 4.78 is 0. The molecule has 1 aliphatic carbocycles. The highest BCUT2D eigenvalue weighted by Crippen LogP contribution is 2.39.